The Hall–Kier alpha value is -1.65. The first kappa shape index (κ1) is 12.4. The van der Waals surface area contributed by atoms with Crippen molar-refractivity contribution in [1.29, 1.82) is 0 Å². The first-order valence-corrected chi connectivity index (χ1v) is 6.84. The highest BCUT2D eigenvalue weighted by molar-refractivity contribution is 5.32. The van der Waals surface area contributed by atoms with Crippen LogP contribution in [-0.2, 0) is 6.54 Å². The molecule has 1 saturated heterocycles. The van der Waals surface area contributed by atoms with Crippen molar-refractivity contribution in [1.82, 2.24) is 19.8 Å². The molecule has 4 nitrogen and oxygen atoms in total. The Morgan fingerprint density at radius 1 is 1.32 bits per heavy atom. The molecule has 1 atom stereocenters. The Balaban J connectivity index is 1.75. The number of rotatable bonds is 4. The van der Waals surface area contributed by atoms with Crippen molar-refractivity contribution < 1.29 is 0 Å². The van der Waals surface area contributed by atoms with Gasteiger partial charge in [0.1, 0.15) is 5.82 Å². The average molecular weight is 256 g/mol. The third kappa shape index (κ3) is 2.69. The van der Waals surface area contributed by atoms with E-state index in [9.17, 15) is 0 Å². The van der Waals surface area contributed by atoms with E-state index in [0.29, 0.717) is 6.04 Å². The van der Waals surface area contributed by atoms with E-state index in [1.54, 1.807) is 0 Å². The van der Waals surface area contributed by atoms with Gasteiger partial charge in [-0.2, -0.15) is 0 Å². The number of nitrogens with zero attached hydrogens (tertiary/aromatic N) is 3. The molecule has 0 spiro atoms. The molecule has 19 heavy (non-hydrogen) atoms. The van der Waals surface area contributed by atoms with Gasteiger partial charge < -0.3 is 9.88 Å². The lowest BCUT2D eigenvalue weighted by Crippen LogP contribution is -2.29. The number of hydrogen-bond acceptors (Lipinski definition) is 3. The van der Waals surface area contributed by atoms with E-state index in [1.165, 1.54) is 12.1 Å². The number of likely N-dealkylation sites (tertiary alicyclic amines) is 1. The van der Waals surface area contributed by atoms with Crippen molar-refractivity contribution in [3.05, 3.63) is 48.5 Å². The molecule has 1 aliphatic rings. The lowest BCUT2D eigenvalue weighted by molar-refractivity contribution is 0.312. The minimum absolute atomic E-state index is 0.625. The maximum Gasteiger partial charge on any atom is 0.127 e. The largest absolute Gasteiger partial charge is 0.316 e. The van der Waals surface area contributed by atoms with Gasteiger partial charge in [-0.1, -0.05) is 18.2 Å². The SMILES string of the molecule is CNC1CCN(Cc2nccn2-c2ccccc2)C1. The van der Waals surface area contributed by atoms with Crippen LogP contribution in [0.1, 0.15) is 12.2 Å². The van der Waals surface area contributed by atoms with Crippen LogP contribution in [0.5, 0.6) is 0 Å². The molecule has 4 heteroatoms. The molecular weight excluding hydrogens is 236 g/mol. The molecule has 0 saturated carbocycles. The second kappa shape index (κ2) is 5.55. The van der Waals surface area contributed by atoms with Gasteiger partial charge >= 0.3 is 0 Å². The highest BCUT2D eigenvalue weighted by atomic mass is 15.2. The first-order chi connectivity index (χ1) is 9.36. The van der Waals surface area contributed by atoms with Crippen molar-refractivity contribution in [2.75, 3.05) is 20.1 Å². The summed E-state index contributed by atoms with van der Waals surface area (Å²) in [5.41, 5.74) is 1.18. The number of imidazole rings is 1. The molecule has 1 aromatic heterocycles. The smallest absolute Gasteiger partial charge is 0.127 e. The van der Waals surface area contributed by atoms with Gasteiger partial charge in [-0.15, -0.1) is 0 Å². The Labute approximate surface area is 114 Å². The van der Waals surface area contributed by atoms with Crippen molar-refractivity contribution >= 4 is 0 Å². The van der Waals surface area contributed by atoms with Crippen LogP contribution in [0, 0.1) is 0 Å². The maximum atomic E-state index is 4.51. The number of aromatic nitrogens is 2. The summed E-state index contributed by atoms with van der Waals surface area (Å²) < 4.78 is 2.17. The molecule has 1 fully saturated rings. The molecule has 0 radical (unpaired) electrons. The predicted octanol–water partition coefficient (Wildman–Crippen LogP) is 1.67. The summed E-state index contributed by atoms with van der Waals surface area (Å²) >= 11 is 0. The van der Waals surface area contributed by atoms with Crippen LogP contribution in [0.4, 0.5) is 0 Å². The molecule has 100 valence electrons. The third-order valence-electron chi connectivity index (χ3n) is 3.80. The van der Waals surface area contributed by atoms with E-state index < -0.39 is 0 Å². The van der Waals surface area contributed by atoms with E-state index in [2.05, 4.69) is 44.0 Å². The quantitative estimate of drug-likeness (QED) is 0.903. The zero-order valence-corrected chi connectivity index (χ0v) is 11.3. The lowest BCUT2D eigenvalue weighted by Gasteiger charge is -2.16. The minimum atomic E-state index is 0.625. The fourth-order valence-corrected chi connectivity index (χ4v) is 2.69. The van der Waals surface area contributed by atoms with Gasteiger partial charge in [-0.25, -0.2) is 4.98 Å². The van der Waals surface area contributed by atoms with Crippen molar-refractivity contribution in [2.24, 2.45) is 0 Å². The van der Waals surface area contributed by atoms with Gasteiger partial charge in [0.15, 0.2) is 0 Å². The summed E-state index contributed by atoms with van der Waals surface area (Å²) in [5, 5.41) is 3.35. The number of likely N-dealkylation sites (N-methyl/N-ethyl adjacent to an activating group) is 1. The van der Waals surface area contributed by atoms with E-state index in [1.807, 2.05) is 25.5 Å². The van der Waals surface area contributed by atoms with Crippen LogP contribution >= 0.6 is 0 Å². The fraction of sp³-hybridized carbons (Fsp3) is 0.400. The Kier molecular flexibility index (Phi) is 3.62. The van der Waals surface area contributed by atoms with Crippen LogP contribution in [0.15, 0.2) is 42.7 Å². The van der Waals surface area contributed by atoms with Gasteiger partial charge in [0.25, 0.3) is 0 Å². The standard InChI is InChI=1S/C15H20N4/c1-16-13-7-9-18(11-13)12-15-17-8-10-19(15)14-5-3-2-4-6-14/h2-6,8,10,13,16H,7,9,11-12H2,1H3. The van der Waals surface area contributed by atoms with Crippen LogP contribution in [0.2, 0.25) is 0 Å². The van der Waals surface area contributed by atoms with E-state index in [0.717, 1.165) is 25.5 Å². The Bertz CT molecular complexity index is 520. The van der Waals surface area contributed by atoms with Crippen molar-refractivity contribution in [3.63, 3.8) is 0 Å². The molecular formula is C15H20N4. The van der Waals surface area contributed by atoms with E-state index in [-0.39, 0.29) is 0 Å². The monoisotopic (exact) mass is 256 g/mol. The Morgan fingerprint density at radius 3 is 2.89 bits per heavy atom. The predicted molar refractivity (Wildman–Crippen MR) is 76.3 cm³/mol. The zero-order chi connectivity index (χ0) is 13.1. The molecule has 3 rings (SSSR count). The number of para-hydroxylation sites is 1. The highest BCUT2D eigenvalue weighted by Gasteiger charge is 2.22. The number of benzene rings is 1. The fourth-order valence-electron chi connectivity index (χ4n) is 2.69. The summed E-state index contributed by atoms with van der Waals surface area (Å²) in [6, 6.07) is 11.0. The van der Waals surface area contributed by atoms with Gasteiger partial charge in [0.05, 0.1) is 6.54 Å². The van der Waals surface area contributed by atoms with Crippen LogP contribution in [0.3, 0.4) is 0 Å². The van der Waals surface area contributed by atoms with Crippen LogP contribution < -0.4 is 5.32 Å². The molecule has 1 unspecified atom stereocenters. The number of hydrogen-bond donors (Lipinski definition) is 1. The van der Waals surface area contributed by atoms with Crippen LogP contribution in [-0.4, -0.2) is 40.6 Å². The second-order valence-corrected chi connectivity index (χ2v) is 5.06. The Morgan fingerprint density at radius 2 is 2.16 bits per heavy atom. The normalized spacial score (nSPS) is 19.9. The molecule has 2 heterocycles. The maximum absolute atomic E-state index is 4.51. The topological polar surface area (TPSA) is 33.1 Å². The average Bonchev–Trinajstić information content (AvgIpc) is 3.09. The third-order valence-corrected chi connectivity index (χ3v) is 3.80. The molecule has 0 amide bonds. The van der Waals surface area contributed by atoms with E-state index in [4.69, 9.17) is 0 Å². The molecule has 0 aliphatic carbocycles. The molecule has 1 aliphatic heterocycles. The van der Waals surface area contributed by atoms with Crippen molar-refractivity contribution in [2.45, 2.75) is 19.0 Å². The highest BCUT2D eigenvalue weighted by Crippen LogP contribution is 2.15. The van der Waals surface area contributed by atoms with Gasteiger partial charge in [-0.3, -0.25) is 4.90 Å². The summed E-state index contributed by atoms with van der Waals surface area (Å²) in [6.07, 6.45) is 5.15. The van der Waals surface area contributed by atoms with E-state index >= 15 is 0 Å². The summed E-state index contributed by atoms with van der Waals surface area (Å²) in [4.78, 5) is 6.97. The second-order valence-electron chi connectivity index (χ2n) is 5.06. The summed E-state index contributed by atoms with van der Waals surface area (Å²) in [5.74, 6) is 1.11. The minimum Gasteiger partial charge on any atom is -0.316 e. The number of nitrogens with one attached hydrogen (secondary N) is 1. The van der Waals surface area contributed by atoms with Crippen molar-refractivity contribution in [3.8, 4) is 5.69 Å². The van der Waals surface area contributed by atoms with Gasteiger partial charge in [0.2, 0.25) is 0 Å². The molecule has 1 aromatic carbocycles. The lowest BCUT2D eigenvalue weighted by atomic mass is 10.3. The van der Waals surface area contributed by atoms with Gasteiger partial charge in [-0.05, 0) is 25.6 Å². The summed E-state index contributed by atoms with van der Waals surface area (Å²) in [7, 11) is 2.04. The van der Waals surface area contributed by atoms with Gasteiger partial charge in [0, 0.05) is 37.2 Å². The van der Waals surface area contributed by atoms with Crippen LogP contribution in [0.25, 0.3) is 5.69 Å². The molecule has 1 N–H and O–H groups in total. The first-order valence-electron chi connectivity index (χ1n) is 6.84. The summed E-state index contributed by atoms with van der Waals surface area (Å²) in [6.45, 7) is 3.17. The molecule has 0 bridgehead atoms. The zero-order valence-electron chi connectivity index (χ0n) is 11.3. The molecule has 2 aromatic rings.